The van der Waals surface area contributed by atoms with Gasteiger partial charge in [0.2, 0.25) is 5.91 Å². The molecule has 7 nitrogen and oxygen atoms in total. The SMILES string of the molecule is Cc1ccc(NC(=O)CSc2nnc(-c3cnccn3)n2-c2ccccc2)c(C)c1. The van der Waals surface area contributed by atoms with E-state index in [1.807, 2.05) is 66.9 Å². The Morgan fingerprint density at radius 3 is 2.63 bits per heavy atom. The molecule has 0 atom stereocenters. The first-order chi connectivity index (χ1) is 14.6. The zero-order valence-corrected chi connectivity index (χ0v) is 17.4. The van der Waals surface area contributed by atoms with Gasteiger partial charge in [0.05, 0.1) is 11.9 Å². The molecule has 0 spiro atoms. The van der Waals surface area contributed by atoms with Gasteiger partial charge in [-0.3, -0.25) is 14.3 Å². The fraction of sp³-hybridized carbons (Fsp3) is 0.136. The average molecular weight is 417 g/mol. The lowest BCUT2D eigenvalue weighted by molar-refractivity contribution is -0.113. The molecule has 0 saturated carbocycles. The molecule has 0 fully saturated rings. The van der Waals surface area contributed by atoms with E-state index in [4.69, 9.17) is 0 Å². The quantitative estimate of drug-likeness (QED) is 0.477. The van der Waals surface area contributed by atoms with Crippen molar-refractivity contribution in [3.05, 3.63) is 78.2 Å². The van der Waals surface area contributed by atoms with Gasteiger partial charge in [0.15, 0.2) is 11.0 Å². The average Bonchev–Trinajstić information content (AvgIpc) is 3.19. The molecule has 2 heterocycles. The summed E-state index contributed by atoms with van der Waals surface area (Å²) in [6, 6.07) is 15.7. The number of nitrogens with zero attached hydrogens (tertiary/aromatic N) is 5. The maximum atomic E-state index is 12.5. The summed E-state index contributed by atoms with van der Waals surface area (Å²) in [4.78, 5) is 21.0. The summed E-state index contributed by atoms with van der Waals surface area (Å²) in [6.07, 6.45) is 4.87. The smallest absolute Gasteiger partial charge is 0.234 e. The van der Waals surface area contributed by atoms with Gasteiger partial charge in [0.25, 0.3) is 0 Å². The van der Waals surface area contributed by atoms with E-state index in [0.29, 0.717) is 16.7 Å². The largest absolute Gasteiger partial charge is 0.325 e. The van der Waals surface area contributed by atoms with Gasteiger partial charge in [0, 0.05) is 23.8 Å². The van der Waals surface area contributed by atoms with Crippen LogP contribution in [0.5, 0.6) is 0 Å². The monoisotopic (exact) mass is 416 g/mol. The van der Waals surface area contributed by atoms with Crippen LogP contribution < -0.4 is 5.32 Å². The molecular formula is C22H20N6OS. The number of para-hydroxylation sites is 1. The molecule has 30 heavy (non-hydrogen) atoms. The Morgan fingerprint density at radius 2 is 1.90 bits per heavy atom. The highest BCUT2D eigenvalue weighted by Gasteiger charge is 2.18. The molecule has 0 saturated heterocycles. The molecule has 0 aliphatic carbocycles. The molecule has 0 unspecified atom stereocenters. The normalized spacial score (nSPS) is 10.7. The highest BCUT2D eigenvalue weighted by Crippen LogP contribution is 2.27. The van der Waals surface area contributed by atoms with Gasteiger partial charge < -0.3 is 5.32 Å². The molecule has 0 bridgehead atoms. The second-order valence-corrected chi connectivity index (χ2v) is 7.67. The number of nitrogens with one attached hydrogen (secondary N) is 1. The van der Waals surface area contributed by atoms with Crippen molar-refractivity contribution < 1.29 is 4.79 Å². The van der Waals surface area contributed by atoms with Crippen LogP contribution in [-0.2, 0) is 4.79 Å². The maximum absolute atomic E-state index is 12.5. The van der Waals surface area contributed by atoms with Crippen LogP contribution in [0.15, 0.2) is 72.3 Å². The number of rotatable bonds is 6. The second-order valence-electron chi connectivity index (χ2n) is 6.72. The van der Waals surface area contributed by atoms with Crippen molar-refractivity contribution in [2.45, 2.75) is 19.0 Å². The van der Waals surface area contributed by atoms with Crippen molar-refractivity contribution in [2.24, 2.45) is 0 Å². The topological polar surface area (TPSA) is 85.6 Å². The van der Waals surface area contributed by atoms with Gasteiger partial charge in [-0.2, -0.15) is 0 Å². The molecule has 1 amide bonds. The van der Waals surface area contributed by atoms with Crippen molar-refractivity contribution in [1.29, 1.82) is 0 Å². The van der Waals surface area contributed by atoms with Crippen LogP contribution in [0.4, 0.5) is 5.69 Å². The van der Waals surface area contributed by atoms with Crippen LogP contribution in [0.25, 0.3) is 17.2 Å². The molecule has 0 aliphatic heterocycles. The zero-order chi connectivity index (χ0) is 20.9. The molecule has 1 N–H and O–H groups in total. The lowest BCUT2D eigenvalue weighted by atomic mass is 10.1. The van der Waals surface area contributed by atoms with E-state index < -0.39 is 0 Å². The van der Waals surface area contributed by atoms with E-state index in [0.717, 1.165) is 22.5 Å². The number of carbonyl (C=O) groups excluding carboxylic acids is 1. The fourth-order valence-corrected chi connectivity index (χ4v) is 3.78. The number of carbonyl (C=O) groups is 1. The first-order valence-electron chi connectivity index (χ1n) is 9.39. The van der Waals surface area contributed by atoms with E-state index in [9.17, 15) is 4.79 Å². The molecule has 150 valence electrons. The Bertz CT molecular complexity index is 1160. The van der Waals surface area contributed by atoms with Crippen molar-refractivity contribution in [3.63, 3.8) is 0 Å². The number of aryl methyl sites for hydroxylation is 2. The predicted octanol–water partition coefficient (Wildman–Crippen LogP) is 4.07. The van der Waals surface area contributed by atoms with Gasteiger partial charge in [-0.1, -0.05) is 47.7 Å². The zero-order valence-electron chi connectivity index (χ0n) is 16.6. The molecule has 4 rings (SSSR count). The van der Waals surface area contributed by atoms with Crippen molar-refractivity contribution in [3.8, 4) is 17.2 Å². The summed E-state index contributed by atoms with van der Waals surface area (Å²) in [7, 11) is 0. The van der Waals surface area contributed by atoms with E-state index in [1.54, 1.807) is 18.6 Å². The highest BCUT2D eigenvalue weighted by molar-refractivity contribution is 7.99. The van der Waals surface area contributed by atoms with Crippen LogP contribution in [0, 0.1) is 13.8 Å². The summed E-state index contributed by atoms with van der Waals surface area (Å²) in [5.41, 5.74) is 4.51. The van der Waals surface area contributed by atoms with Crippen LogP contribution in [0.1, 0.15) is 11.1 Å². The molecular weight excluding hydrogens is 396 g/mol. The molecule has 8 heteroatoms. The van der Waals surface area contributed by atoms with Crippen molar-refractivity contribution in [2.75, 3.05) is 11.1 Å². The van der Waals surface area contributed by atoms with Gasteiger partial charge in [-0.25, -0.2) is 4.98 Å². The van der Waals surface area contributed by atoms with Crippen LogP contribution in [0.3, 0.4) is 0 Å². The lowest BCUT2D eigenvalue weighted by Crippen LogP contribution is -2.15. The third-order valence-electron chi connectivity index (χ3n) is 4.43. The number of amides is 1. The van der Waals surface area contributed by atoms with E-state index >= 15 is 0 Å². The highest BCUT2D eigenvalue weighted by atomic mass is 32.2. The standard InChI is InChI=1S/C22H20N6OS/c1-15-8-9-18(16(2)12-15)25-20(29)14-30-22-27-26-21(19-13-23-10-11-24-19)28(22)17-6-4-3-5-7-17/h3-13H,14H2,1-2H3,(H,25,29). The summed E-state index contributed by atoms with van der Waals surface area (Å²) in [6.45, 7) is 4.01. The van der Waals surface area contributed by atoms with Crippen molar-refractivity contribution >= 4 is 23.4 Å². The van der Waals surface area contributed by atoms with E-state index in [1.165, 1.54) is 11.8 Å². The summed E-state index contributed by atoms with van der Waals surface area (Å²) in [5, 5.41) is 12.2. The first kappa shape index (κ1) is 19.8. The Kier molecular flexibility index (Phi) is 5.85. The van der Waals surface area contributed by atoms with Crippen LogP contribution in [0.2, 0.25) is 0 Å². The fourth-order valence-electron chi connectivity index (χ4n) is 3.02. The van der Waals surface area contributed by atoms with E-state index in [-0.39, 0.29) is 11.7 Å². The minimum absolute atomic E-state index is 0.101. The summed E-state index contributed by atoms with van der Waals surface area (Å²) >= 11 is 1.32. The Hall–Kier alpha value is -3.52. The Balaban J connectivity index is 1.57. The number of hydrogen-bond donors (Lipinski definition) is 1. The first-order valence-corrected chi connectivity index (χ1v) is 10.4. The second kappa shape index (κ2) is 8.87. The number of benzene rings is 2. The number of anilines is 1. The predicted molar refractivity (Wildman–Crippen MR) is 118 cm³/mol. The van der Waals surface area contributed by atoms with Crippen molar-refractivity contribution in [1.82, 2.24) is 24.7 Å². The number of aromatic nitrogens is 5. The molecule has 0 radical (unpaired) electrons. The lowest BCUT2D eigenvalue weighted by Gasteiger charge is -2.11. The molecule has 4 aromatic rings. The third-order valence-corrected chi connectivity index (χ3v) is 5.36. The number of hydrogen-bond acceptors (Lipinski definition) is 6. The van der Waals surface area contributed by atoms with Gasteiger partial charge in [0.1, 0.15) is 5.69 Å². The van der Waals surface area contributed by atoms with E-state index in [2.05, 4.69) is 25.5 Å². The molecule has 0 aliphatic rings. The minimum atomic E-state index is -0.101. The maximum Gasteiger partial charge on any atom is 0.234 e. The number of thioether (sulfide) groups is 1. The summed E-state index contributed by atoms with van der Waals surface area (Å²) in [5.74, 6) is 0.681. The van der Waals surface area contributed by atoms with Crippen LogP contribution in [-0.4, -0.2) is 36.4 Å². The summed E-state index contributed by atoms with van der Waals surface area (Å²) < 4.78 is 1.89. The van der Waals surface area contributed by atoms with Gasteiger partial charge in [-0.05, 0) is 37.6 Å². The van der Waals surface area contributed by atoms with Crippen LogP contribution >= 0.6 is 11.8 Å². The Labute approximate surface area is 178 Å². The van der Waals surface area contributed by atoms with Gasteiger partial charge >= 0.3 is 0 Å². The van der Waals surface area contributed by atoms with Gasteiger partial charge in [-0.15, -0.1) is 10.2 Å². The minimum Gasteiger partial charge on any atom is -0.325 e. The Morgan fingerprint density at radius 1 is 1.07 bits per heavy atom. The molecule has 2 aromatic heterocycles. The third kappa shape index (κ3) is 4.38. The molecule has 2 aromatic carbocycles.